The van der Waals surface area contributed by atoms with Gasteiger partial charge in [0, 0.05) is 39.6 Å². The summed E-state index contributed by atoms with van der Waals surface area (Å²) in [6.45, 7) is 0. The number of hydrogen-bond donors (Lipinski definition) is 2. The van der Waals surface area contributed by atoms with Gasteiger partial charge in [0.2, 0.25) is 0 Å². The first-order chi connectivity index (χ1) is 27.2. The van der Waals surface area contributed by atoms with Crippen LogP contribution in [0, 0.1) is 0 Å². The highest BCUT2D eigenvalue weighted by Gasteiger charge is 2.18. The van der Waals surface area contributed by atoms with Gasteiger partial charge in [-0.15, -0.1) is 0 Å². The topological polar surface area (TPSA) is 46.9 Å². The highest BCUT2D eigenvalue weighted by molar-refractivity contribution is 6.13. The number of fused-ring (bicyclic) bond motifs is 2. The van der Waals surface area contributed by atoms with Gasteiger partial charge in [-0.05, 0) is 138 Å². The number of rotatable bonds is 9. The fourth-order valence-electron chi connectivity index (χ4n) is 7.51. The summed E-state index contributed by atoms with van der Waals surface area (Å²) in [6.07, 6.45) is 4.60. The van der Waals surface area contributed by atoms with Gasteiger partial charge in [-0.3, -0.25) is 0 Å². The van der Waals surface area contributed by atoms with E-state index in [1.54, 1.807) is 24.3 Å². The average molecular weight is 729 g/mol. The van der Waals surface area contributed by atoms with Crippen LogP contribution in [0.2, 0.25) is 0 Å². The quantitative estimate of drug-likeness (QED) is 0.145. The van der Waals surface area contributed by atoms with Crippen molar-refractivity contribution in [1.82, 2.24) is 0 Å². The molecule has 274 valence electrons. The fourth-order valence-corrected chi connectivity index (χ4v) is 7.51. The van der Waals surface area contributed by atoms with Crippen LogP contribution in [0.5, 0.6) is 11.5 Å². The standard InChI is InChI=1S/C52H44N2O2/c1-53(2)43-25-17-37(18-26-43)49(39-21-29-45(55)30-22-39)33-41-15-13-35-9-5-7-11-47(35)51(41)52-42(16-14-36-10-6-8-12-48(36)52)34-50(40-23-31-46(56)32-24-40)38-19-27-44(28-20-38)54(3)4/h5-34,55-56H,1-4H3/b49-33-,50-34-. The minimum atomic E-state index is 0.232. The number of aromatic hydroxyl groups is 2. The van der Waals surface area contributed by atoms with Crippen LogP contribution in [-0.4, -0.2) is 38.4 Å². The van der Waals surface area contributed by atoms with Crippen LogP contribution < -0.4 is 9.80 Å². The number of anilines is 2. The molecule has 0 aliphatic rings. The van der Waals surface area contributed by atoms with E-state index in [1.165, 1.54) is 0 Å². The highest BCUT2D eigenvalue weighted by atomic mass is 16.3. The molecule has 0 saturated heterocycles. The Bertz CT molecular complexity index is 2530. The predicted molar refractivity (Wildman–Crippen MR) is 239 cm³/mol. The molecule has 0 aliphatic heterocycles. The SMILES string of the molecule is CN(C)c1ccc(/C(=C/c2ccc3ccccc3c2-c2c(/C=C(\c3ccc(O)cc3)c3ccc(N(C)C)cc3)ccc3ccccc23)c2ccc(O)cc2)cc1. The molecule has 56 heavy (non-hydrogen) atoms. The van der Waals surface area contributed by atoms with Crippen molar-refractivity contribution < 1.29 is 10.2 Å². The third kappa shape index (κ3) is 7.25. The molecule has 0 aliphatic carbocycles. The fraction of sp³-hybridized carbons (Fsp3) is 0.0769. The monoisotopic (exact) mass is 728 g/mol. The maximum absolute atomic E-state index is 10.3. The normalized spacial score (nSPS) is 11.9. The van der Waals surface area contributed by atoms with Gasteiger partial charge in [0.15, 0.2) is 0 Å². The highest BCUT2D eigenvalue weighted by Crippen LogP contribution is 2.43. The van der Waals surface area contributed by atoms with E-state index in [4.69, 9.17) is 0 Å². The van der Waals surface area contributed by atoms with Crippen molar-refractivity contribution in [3.63, 3.8) is 0 Å². The number of phenols is 2. The Balaban J connectivity index is 1.44. The zero-order valence-electron chi connectivity index (χ0n) is 32.1. The maximum Gasteiger partial charge on any atom is 0.115 e. The van der Waals surface area contributed by atoms with Crippen molar-refractivity contribution in [1.29, 1.82) is 0 Å². The van der Waals surface area contributed by atoms with E-state index < -0.39 is 0 Å². The summed E-state index contributed by atoms with van der Waals surface area (Å²) in [6, 6.07) is 58.4. The van der Waals surface area contributed by atoms with E-state index in [0.29, 0.717) is 0 Å². The van der Waals surface area contributed by atoms with E-state index >= 15 is 0 Å². The average Bonchev–Trinajstić information content (AvgIpc) is 3.22. The van der Waals surface area contributed by atoms with Crippen molar-refractivity contribution in [2.75, 3.05) is 38.0 Å². The second-order valence-corrected chi connectivity index (χ2v) is 14.6. The molecule has 0 fully saturated rings. The van der Waals surface area contributed by atoms with Crippen molar-refractivity contribution in [3.8, 4) is 22.6 Å². The zero-order valence-corrected chi connectivity index (χ0v) is 32.1. The van der Waals surface area contributed by atoms with E-state index in [9.17, 15) is 10.2 Å². The van der Waals surface area contributed by atoms with E-state index in [2.05, 4.69) is 171 Å². The lowest BCUT2D eigenvalue weighted by Crippen LogP contribution is -2.08. The Morgan fingerprint density at radius 2 is 0.696 bits per heavy atom. The van der Waals surface area contributed by atoms with Gasteiger partial charge in [-0.1, -0.05) is 121 Å². The molecule has 0 atom stereocenters. The predicted octanol–water partition coefficient (Wildman–Crippen LogP) is 12.4. The van der Waals surface area contributed by atoms with Gasteiger partial charge in [-0.25, -0.2) is 0 Å². The second kappa shape index (κ2) is 15.4. The van der Waals surface area contributed by atoms with Gasteiger partial charge >= 0.3 is 0 Å². The molecule has 0 saturated carbocycles. The molecule has 8 aromatic rings. The van der Waals surface area contributed by atoms with Gasteiger partial charge < -0.3 is 20.0 Å². The van der Waals surface area contributed by atoms with Crippen LogP contribution in [0.1, 0.15) is 33.4 Å². The van der Waals surface area contributed by atoms with Gasteiger partial charge in [0.25, 0.3) is 0 Å². The number of phenolic OH excluding ortho intramolecular Hbond substituents is 2. The van der Waals surface area contributed by atoms with Crippen LogP contribution in [0.3, 0.4) is 0 Å². The number of hydrogen-bond acceptors (Lipinski definition) is 4. The molecule has 8 aromatic carbocycles. The van der Waals surface area contributed by atoms with E-state index in [0.717, 1.165) is 88.6 Å². The van der Waals surface area contributed by atoms with Crippen LogP contribution in [0.4, 0.5) is 11.4 Å². The van der Waals surface area contributed by atoms with E-state index in [-0.39, 0.29) is 11.5 Å². The molecule has 2 N–H and O–H groups in total. The van der Waals surface area contributed by atoms with Crippen LogP contribution in [0.15, 0.2) is 170 Å². The minimum Gasteiger partial charge on any atom is -0.508 e. The van der Waals surface area contributed by atoms with Crippen molar-refractivity contribution in [2.24, 2.45) is 0 Å². The molecular weight excluding hydrogens is 685 g/mol. The Morgan fingerprint density at radius 1 is 0.375 bits per heavy atom. The van der Waals surface area contributed by atoms with Gasteiger partial charge in [0.05, 0.1) is 0 Å². The third-order valence-corrected chi connectivity index (χ3v) is 10.5. The smallest absolute Gasteiger partial charge is 0.115 e. The molecule has 0 amide bonds. The number of benzene rings is 8. The van der Waals surface area contributed by atoms with Crippen molar-refractivity contribution in [3.05, 3.63) is 203 Å². The van der Waals surface area contributed by atoms with E-state index in [1.807, 2.05) is 24.3 Å². The molecule has 0 aromatic heterocycles. The summed E-state index contributed by atoms with van der Waals surface area (Å²) in [5.74, 6) is 0.464. The maximum atomic E-state index is 10.3. The summed E-state index contributed by atoms with van der Waals surface area (Å²) >= 11 is 0. The Labute approximate surface area is 329 Å². The van der Waals surface area contributed by atoms with Crippen LogP contribution in [0.25, 0.3) is 56.0 Å². The lowest BCUT2D eigenvalue weighted by molar-refractivity contribution is 0.474. The molecule has 8 rings (SSSR count). The van der Waals surface area contributed by atoms with Gasteiger partial charge in [0.1, 0.15) is 11.5 Å². The van der Waals surface area contributed by atoms with Crippen molar-refractivity contribution in [2.45, 2.75) is 0 Å². The first-order valence-corrected chi connectivity index (χ1v) is 18.8. The molecule has 0 heterocycles. The van der Waals surface area contributed by atoms with Gasteiger partial charge in [-0.2, -0.15) is 0 Å². The second-order valence-electron chi connectivity index (χ2n) is 14.6. The first kappa shape index (κ1) is 36.0. The molecule has 0 unspecified atom stereocenters. The summed E-state index contributed by atoms with van der Waals surface area (Å²) in [4.78, 5) is 4.21. The molecule has 0 radical (unpaired) electrons. The Kier molecular flexibility index (Phi) is 9.87. The lowest BCUT2D eigenvalue weighted by Gasteiger charge is -2.20. The molecule has 0 spiro atoms. The first-order valence-electron chi connectivity index (χ1n) is 18.8. The zero-order chi connectivity index (χ0) is 38.8. The van der Waals surface area contributed by atoms with Crippen molar-refractivity contribution >= 4 is 56.2 Å². The summed E-state index contributed by atoms with van der Waals surface area (Å²) < 4.78 is 0. The molecule has 4 heteroatoms. The third-order valence-electron chi connectivity index (χ3n) is 10.5. The van der Waals surface area contributed by atoms with Crippen LogP contribution in [-0.2, 0) is 0 Å². The largest absolute Gasteiger partial charge is 0.508 e. The Morgan fingerprint density at radius 3 is 1.04 bits per heavy atom. The minimum absolute atomic E-state index is 0.232. The summed E-state index contributed by atoms with van der Waals surface area (Å²) in [5.41, 5.74) is 13.0. The lowest BCUT2D eigenvalue weighted by atomic mass is 9.84. The van der Waals surface area contributed by atoms with Crippen LogP contribution >= 0.6 is 0 Å². The summed E-state index contributed by atoms with van der Waals surface area (Å²) in [7, 11) is 8.20. The molecule has 4 nitrogen and oxygen atoms in total. The molecule has 0 bridgehead atoms. The summed E-state index contributed by atoms with van der Waals surface area (Å²) in [5, 5.41) is 25.2. The Hall–Kier alpha value is -7.04. The number of nitrogens with zero attached hydrogens (tertiary/aromatic N) is 2. The molecular formula is C52H44N2O2.